The molecule has 1 saturated heterocycles. The van der Waals surface area contributed by atoms with Crippen LogP contribution in [-0.4, -0.2) is 29.1 Å². The molecule has 0 aliphatic carbocycles. The minimum Gasteiger partial charge on any atom is -0.339 e. The fourth-order valence-electron chi connectivity index (χ4n) is 2.62. The van der Waals surface area contributed by atoms with Gasteiger partial charge in [0.25, 0.3) is 0 Å². The van der Waals surface area contributed by atoms with Crippen LogP contribution in [0, 0.1) is 6.92 Å². The zero-order chi connectivity index (χ0) is 13.7. The van der Waals surface area contributed by atoms with Crippen LogP contribution in [-0.2, 0) is 4.79 Å². The lowest BCUT2D eigenvalue weighted by atomic mass is 10.0. The number of amides is 1. The molecule has 0 spiro atoms. The number of likely N-dealkylation sites (tertiary alicyclic amines) is 1. The largest absolute Gasteiger partial charge is 0.339 e. The Morgan fingerprint density at radius 2 is 2.05 bits per heavy atom. The molecule has 3 heteroatoms. The molecule has 1 aromatic carbocycles. The Bertz CT molecular complexity index is 415. The van der Waals surface area contributed by atoms with Crippen molar-refractivity contribution in [1.29, 1.82) is 0 Å². The first-order chi connectivity index (χ1) is 9.20. The van der Waals surface area contributed by atoms with Crippen LogP contribution >= 0.6 is 11.8 Å². The fraction of sp³-hybridized carbons (Fsp3) is 0.562. The van der Waals surface area contributed by atoms with Gasteiger partial charge in [0.05, 0.1) is 5.75 Å². The highest BCUT2D eigenvalue weighted by Gasteiger charge is 2.24. The summed E-state index contributed by atoms with van der Waals surface area (Å²) < 4.78 is 0. The van der Waals surface area contributed by atoms with Crippen molar-refractivity contribution in [1.82, 2.24) is 4.90 Å². The number of benzene rings is 1. The van der Waals surface area contributed by atoms with Gasteiger partial charge in [-0.05, 0) is 44.7 Å². The lowest BCUT2D eigenvalue weighted by Gasteiger charge is -2.35. The van der Waals surface area contributed by atoms with Crippen LogP contribution in [0.4, 0.5) is 0 Å². The third-order valence-electron chi connectivity index (χ3n) is 3.80. The van der Waals surface area contributed by atoms with Gasteiger partial charge >= 0.3 is 0 Å². The van der Waals surface area contributed by atoms with Gasteiger partial charge < -0.3 is 4.90 Å². The minimum atomic E-state index is 0.303. The van der Waals surface area contributed by atoms with Crippen molar-refractivity contribution < 1.29 is 4.79 Å². The average Bonchev–Trinajstić information content (AvgIpc) is 2.46. The van der Waals surface area contributed by atoms with Gasteiger partial charge in [0.2, 0.25) is 5.91 Å². The molecule has 2 nitrogen and oxygen atoms in total. The molecule has 1 aromatic rings. The molecule has 0 N–H and O–H groups in total. The standard InChI is InChI=1S/C16H23NOS/c1-3-14-6-4-5-11-17(14)16(18)12-19-15-9-7-13(2)8-10-15/h7-10,14H,3-6,11-12H2,1-2H3/t14-/m1/s1. The van der Waals surface area contributed by atoms with E-state index in [4.69, 9.17) is 0 Å². The summed E-state index contributed by atoms with van der Waals surface area (Å²) in [7, 11) is 0. The van der Waals surface area contributed by atoms with E-state index in [0.717, 1.165) is 19.4 Å². The summed E-state index contributed by atoms with van der Waals surface area (Å²) in [5.41, 5.74) is 1.26. The molecule has 0 bridgehead atoms. The number of aryl methyl sites for hydroxylation is 1. The zero-order valence-corrected chi connectivity index (χ0v) is 12.7. The Morgan fingerprint density at radius 1 is 1.32 bits per heavy atom. The summed E-state index contributed by atoms with van der Waals surface area (Å²) in [6, 6.07) is 8.87. The van der Waals surface area contributed by atoms with Crippen LogP contribution in [0.3, 0.4) is 0 Å². The minimum absolute atomic E-state index is 0.303. The van der Waals surface area contributed by atoms with Crippen molar-refractivity contribution >= 4 is 17.7 Å². The molecule has 0 aromatic heterocycles. The van der Waals surface area contributed by atoms with Crippen LogP contribution in [0.2, 0.25) is 0 Å². The van der Waals surface area contributed by atoms with Crippen LogP contribution in [0.15, 0.2) is 29.2 Å². The Labute approximate surface area is 120 Å². The summed E-state index contributed by atoms with van der Waals surface area (Å²) in [6.45, 7) is 5.22. The molecule has 1 amide bonds. The maximum absolute atomic E-state index is 12.3. The Hall–Kier alpha value is -0.960. The summed E-state index contributed by atoms with van der Waals surface area (Å²) >= 11 is 1.65. The van der Waals surface area contributed by atoms with Gasteiger partial charge in [-0.1, -0.05) is 24.6 Å². The van der Waals surface area contributed by atoms with Gasteiger partial charge in [-0.25, -0.2) is 0 Å². The van der Waals surface area contributed by atoms with Crippen LogP contribution in [0.25, 0.3) is 0 Å². The second-order valence-corrected chi connectivity index (χ2v) is 6.30. The van der Waals surface area contributed by atoms with E-state index in [-0.39, 0.29) is 0 Å². The summed E-state index contributed by atoms with van der Waals surface area (Å²) in [5, 5.41) is 0. The average molecular weight is 277 g/mol. The van der Waals surface area contributed by atoms with Crippen LogP contribution < -0.4 is 0 Å². The topological polar surface area (TPSA) is 20.3 Å². The van der Waals surface area contributed by atoms with Gasteiger partial charge in [-0.2, -0.15) is 0 Å². The van der Waals surface area contributed by atoms with Gasteiger partial charge in [0.15, 0.2) is 0 Å². The van der Waals surface area contributed by atoms with Crippen molar-refractivity contribution in [2.24, 2.45) is 0 Å². The number of hydrogen-bond donors (Lipinski definition) is 0. The number of hydrogen-bond acceptors (Lipinski definition) is 2. The van der Waals surface area contributed by atoms with Crippen LogP contribution in [0.5, 0.6) is 0 Å². The SMILES string of the molecule is CC[C@@H]1CCCCN1C(=O)CSc1ccc(C)cc1. The Kier molecular flexibility index (Phi) is 5.32. The van der Waals surface area contributed by atoms with Gasteiger partial charge in [-0.15, -0.1) is 11.8 Å². The lowest BCUT2D eigenvalue weighted by Crippen LogP contribution is -2.44. The molecule has 0 radical (unpaired) electrons. The first kappa shape index (κ1) is 14.4. The molecule has 1 aliphatic rings. The summed E-state index contributed by atoms with van der Waals surface area (Å²) in [5.74, 6) is 0.872. The Morgan fingerprint density at radius 3 is 2.74 bits per heavy atom. The number of rotatable bonds is 4. The molecule has 104 valence electrons. The second-order valence-electron chi connectivity index (χ2n) is 5.25. The molecule has 1 fully saturated rings. The van der Waals surface area contributed by atoms with Crippen molar-refractivity contribution in [2.45, 2.75) is 50.5 Å². The number of thioether (sulfide) groups is 1. The first-order valence-electron chi connectivity index (χ1n) is 7.19. The predicted molar refractivity (Wildman–Crippen MR) is 81.5 cm³/mol. The van der Waals surface area contributed by atoms with E-state index in [1.165, 1.54) is 23.3 Å². The molecular weight excluding hydrogens is 254 g/mol. The van der Waals surface area contributed by atoms with E-state index in [0.29, 0.717) is 17.7 Å². The maximum atomic E-state index is 12.3. The van der Waals surface area contributed by atoms with Gasteiger partial charge in [0.1, 0.15) is 0 Å². The molecule has 1 atom stereocenters. The second kappa shape index (κ2) is 6.99. The van der Waals surface area contributed by atoms with Crippen molar-refractivity contribution in [2.75, 3.05) is 12.3 Å². The highest BCUT2D eigenvalue weighted by molar-refractivity contribution is 8.00. The molecule has 2 rings (SSSR count). The highest BCUT2D eigenvalue weighted by atomic mass is 32.2. The smallest absolute Gasteiger partial charge is 0.233 e. The van der Waals surface area contributed by atoms with Gasteiger partial charge in [-0.3, -0.25) is 4.79 Å². The van der Waals surface area contributed by atoms with E-state index >= 15 is 0 Å². The van der Waals surface area contributed by atoms with Gasteiger partial charge in [0, 0.05) is 17.5 Å². The normalized spacial score (nSPS) is 19.5. The summed E-state index contributed by atoms with van der Waals surface area (Å²) in [6.07, 6.45) is 4.70. The van der Waals surface area contributed by atoms with E-state index in [9.17, 15) is 4.79 Å². The number of nitrogens with zero attached hydrogens (tertiary/aromatic N) is 1. The van der Waals surface area contributed by atoms with E-state index in [2.05, 4.69) is 43.0 Å². The maximum Gasteiger partial charge on any atom is 0.233 e. The summed E-state index contributed by atoms with van der Waals surface area (Å²) in [4.78, 5) is 15.6. The monoisotopic (exact) mass is 277 g/mol. The molecule has 19 heavy (non-hydrogen) atoms. The van der Waals surface area contributed by atoms with E-state index in [1.54, 1.807) is 11.8 Å². The molecular formula is C16H23NOS. The lowest BCUT2D eigenvalue weighted by molar-refractivity contribution is -0.132. The first-order valence-corrected chi connectivity index (χ1v) is 8.18. The Balaban J connectivity index is 1.87. The third kappa shape index (κ3) is 4.00. The van der Waals surface area contributed by atoms with Crippen molar-refractivity contribution in [3.05, 3.63) is 29.8 Å². The third-order valence-corrected chi connectivity index (χ3v) is 4.80. The van der Waals surface area contributed by atoms with E-state index < -0.39 is 0 Å². The highest BCUT2D eigenvalue weighted by Crippen LogP contribution is 2.23. The fourth-order valence-corrected chi connectivity index (χ4v) is 3.40. The molecule has 1 aliphatic heterocycles. The van der Waals surface area contributed by atoms with Crippen molar-refractivity contribution in [3.8, 4) is 0 Å². The number of carbonyl (C=O) groups is 1. The quantitative estimate of drug-likeness (QED) is 0.778. The number of carbonyl (C=O) groups excluding carboxylic acids is 1. The molecule has 0 unspecified atom stereocenters. The van der Waals surface area contributed by atoms with E-state index in [1.807, 2.05) is 0 Å². The van der Waals surface area contributed by atoms with Crippen LogP contribution in [0.1, 0.15) is 38.2 Å². The van der Waals surface area contributed by atoms with Crippen molar-refractivity contribution in [3.63, 3.8) is 0 Å². The zero-order valence-electron chi connectivity index (χ0n) is 11.9. The molecule has 1 heterocycles. The predicted octanol–water partition coefficient (Wildman–Crippen LogP) is 3.88. The number of piperidine rings is 1. The molecule has 0 saturated carbocycles.